The molecular formula is C13H18N2OS2. The normalized spacial score (nSPS) is 10.8. The minimum atomic E-state index is 0.699. The molecule has 0 saturated carbocycles. The molecule has 3 nitrogen and oxygen atoms in total. The summed E-state index contributed by atoms with van der Waals surface area (Å²) in [5, 5.41) is 4.37. The topological polar surface area (TPSA) is 34.1 Å². The van der Waals surface area contributed by atoms with Gasteiger partial charge in [-0.1, -0.05) is 11.3 Å². The molecule has 1 aromatic carbocycles. The molecule has 0 bridgehead atoms. The minimum absolute atomic E-state index is 0.699. The van der Waals surface area contributed by atoms with Gasteiger partial charge in [-0.05, 0) is 43.6 Å². The monoisotopic (exact) mass is 282 g/mol. The second-order valence-corrected chi connectivity index (χ2v) is 5.87. The molecule has 98 valence electrons. The number of thiazole rings is 1. The molecule has 18 heavy (non-hydrogen) atoms. The van der Waals surface area contributed by atoms with Crippen LogP contribution in [0.15, 0.2) is 18.2 Å². The second kappa shape index (κ2) is 6.85. The summed E-state index contributed by atoms with van der Waals surface area (Å²) in [6.07, 6.45) is 3.30. The number of benzene rings is 1. The van der Waals surface area contributed by atoms with Crippen LogP contribution in [0.25, 0.3) is 10.2 Å². The molecule has 0 aliphatic rings. The number of hydrogen-bond acceptors (Lipinski definition) is 5. The third kappa shape index (κ3) is 3.53. The van der Waals surface area contributed by atoms with E-state index in [-0.39, 0.29) is 0 Å². The Bertz CT molecular complexity index is 499. The summed E-state index contributed by atoms with van der Waals surface area (Å²) in [7, 11) is 0. The van der Waals surface area contributed by atoms with Crippen LogP contribution in [0.1, 0.15) is 13.3 Å². The summed E-state index contributed by atoms with van der Waals surface area (Å²) in [4.78, 5) is 4.56. The Morgan fingerprint density at radius 3 is 3.11 bits per heavy atom. The average molecular weight is 282 g/mol. The first-order valence-electron chi connectivity index (χ1n) is 6.09. The predicted octanol–water partition coefficient (Wildman–Crippen LogP) is 3.86. The number of nitrogens with zero attached hydrogens (tertiary/aromatic N) is 1. The van der Waals surface area contributed by atoms with Crippen LogP contribution < -0.4 is 10.1 Å². The van der Waals surface area contributed by atoms with Gasteiger partial charge >= 0.3 is 0 Å². The van der Waals surface area contributed by atoms with E-state index in [4.69, 9.17) is 4.74 Å². The molecule has 0 aliphatic heterocycles. The molecule has 0 amide bonds. The van der Waals surface area contributed by atoms with Crippen molar-refractivity contribution in [3.63, 3.8) is 0 Å². The standard InChI is InChI=1S/C13H18N2OS2/c1-3-16-10-5-6-11-12(9-10)18-13(15-11)14-7-4-8-17-2/h5-6,9H,3-4,7-8H2,1-2H3,(H,14,15). The van der Waals surface area contributed by atoms with E-state index >= 15 is 0 Å². The van der Waals surface area contributed by atoms with Gasteiger partial charge in [0.15, 0.2) is 5.13 Å². The first-order valence-corrected chi connectivity index (χ1v) is 8.30. The van der Waals surface area contributed by atoms with Gasteiger partial charge < -0.3 is 10.1 Å². The van der Waals surface area contributed by atoms with Crippen LogP contribution in [-0.4, -0.2) is 30.1 Å². The molecule has 0 spiro atoms. The van der Waals surface area contributed by atoms with Crippen molar-refractivity contribution in [3.8, 4) is 5.75 Å². The molecule has 0 aliphatic carbocycles. The molecule has 2 rings (SSSR count). The number of nitrogens with one attached hydrogen (secondary N) is 1. The van der Waals surface area contributed by atoms with Crippen molar-refractivity contribution in [3.05, 3.63) is 18.2 Å². The van der Waals surface area contributed by atoms with E-state index in [0.717, 1.165) is 22.9 Å². The van der Waals surface area contributed by atoms with Gasteiger partial charge in [-0.25, -0.2) is 4.98 Å². The molecule has 5 heteroatoms. The molecule has 0 radical (unpaired) electrons. The lowest BCUT2D eigenvalue weighted by Crippen LogP contribution is -2.01. The van der Waals surface area contributed by atoms with Crippen LogP contribution in [0.2, 0.25) is 0 Å². The quantitative estimate of drug-likeness (QED) is 0.782. The number of thioether (sulfide) groups is 1. The van der Waals surface area contributed by atoms with E-state index in [1.807, 2.05) is 30.8 Å². The molecule has 0 saturated heterocycles. The van der Waals surface area contributed by atoms with Crippen LogP contribution in [0, 0.1) is 0 Å². The van der Waals surface area contributed by atoms with Gasteiger partial charge in [0, 0.05) is 6.54 Å². The van der Waals surface area contributed by atoms with Gasteiger partial charge in [-0.3, -0.25) is 0 Å². The molecule has 0 atom stereocenters. The molecule has 0 fully saturated rings. The zero-order chi connectivity index (χ0) is 12.8. The predicted molar refractivity (Wildman–Crippen MR) is 82.3 cm³/mol. The van der Waals surface area contributed by atoms with Crippen molar-refractivity contribution >= 4 is 38.4 Å². The number of ether oxygens (including phenoxy) is 1. The first kappa shape index (κ1) is 13.5. The molecule has 1 N–H and O–H groups in total. The third-order valence-corrected chi connectivity index (χ3v) is 4.15. The summed E-state index contributed by atoms with van der Waals surface area (Å²) in [6, 6.07) is 6.05. The summed E-state index contributed by atoms with van der Waals surface area (Å²) < 4.78 is 6.67. The molecule has 0 unspecified atom stereocenters. The fourth-order valence-electron chi connectivity index (χ4n) is 1.65. The zero-order valence-electron chi connectivity index (χ0n) is 10.7. The van der Waals surface area contributed by atoms with E-state index in [2.05, 4.69) is 22.6 Å². The summed E-state index contributed by atoms with van der Waals surface area (Å²) in [6.45, 7) is 3.68. The highest BCUT2D eigenvalue weighted by Crippen LogP contribution is 2.29. The highest BCUT2D eigenvalue weighted by atomic mass is 32.2. The van der Waals surface area contributed by atoms with Gasteiger partial charge in [-0.2, -0.15) is 11.8 Å². The average Bonchev–Trinajstić information content (AvgIpc) is 2.77. The maximum atomic E-state index is 5.49. The van der Waals surface area contributed by atoms with E-state index in [1.165, 1.54) is 16.9 Å². The fraction of sp³-hybridized carbons (Fsp3) is 0.462. The maximum Gasteiger partial charge on any atom is 0.183 e. The number of fused-ring (bicyclic) bond motifs is 1. The lowest BCUT2D eigenvalue weighted by Gasteiger charge is -2.00. The van der Waals surface area contributed by atoms with Crippen molar-refractivity contribution in [2.75, 3.05) is 30.5 Å². The first-order chi connectivity index (χ1) is 8.83. The Morgan fingerprint density at radius 1 is 1.44 bits per heavy atom. The van der Waals surface area contributed by atoms with Crippen LogP contribution in [0.4, 0.5) is 5.13 Å². The lowest BCUT2D eigenvalue weighted by molar-refractivity contribution is 0.341. The van der Waals surface area contributed by atoms with Gasteiger partial charge in [0.1, 0.15) is 5.75 Å². The zero-order valence-corrected chi connectivity index (χ0v) is 12.4. The van der Waals surface area contributed by atoms with Crippen LogP contribution >= 0.6 is 23.1 Å². The summed E-state index contributed by atoms with van der Waals surface area (Å²) >= 11 is 3.56. The van der Waals surface area contributed by atoms with Gasteiger partial charge in [0.05, 0.1) is 16.8 Å². The van der Waals surface area contributed by atoms with Gasteiger partial charge in [-0.15, -0.1) is 0 Å². The minimum Gasteiger partial charge on any atom is -0.494 e. The van der Waals surface area contributed by atoms with Crippen molar-refractivity contribution in [2.45, 2.75) is 13.3 Å². The van der Waals surface area contributed by atoms with E-state index in [0.29, 0.717) is 6.61 Å². The Morgan fingerprint density at radius 2 is 2.33 bits per heavy atom. The highest BCUT2D eigenvalue weighted by molar-refractivity contribution is 7.98. The van der Waals surface area contributed by atoms with Crippen molar-refractivity contribution in [1.82, 2.24) is 4.98 Å². The van der Waals surface area contributed by atoms with E-state index in [9.17, 15) is 0 Å². The van der Waals surface area contributed by atoms with Crippen molar-refractivity contribution in [1.29, 1.82) is 0 Å². The van der Waals surface area contributed by atoms with Gasteiger partial charge in [0.2, 0.25) is 0 Å². The summed E-state index contributed by atoms with van der Waals surface area (Å²) in [5.41, 5.74) is 1.04. The lowest BCUT2D eigenvalue weighted by atomic mass is 10.3. The fourth-order valence-corrected chi connectivity index (χ4v) is 3.00. The molecule has 1 heterocycles. The smallest absolute Gasteiger partial charge is 0.183 e. The van der Waals surface area contributed by atoms with Crippen LogP contribution in [0.5, 0.6) is 5.75 Å². The Balaban J connectivity index is 2.02. The highest BCUT2D eigenvalue weighted by Gasteiger charge is 2.04. The third-order valence-electron chi connectivity index (χ3n) is 2.47. The van der Waals surface area contributed by atoms with Gasteiger partial charge in [0.25, 0.3) is 0 Å². The van der Waals surface area contributed by atoms with Crippen molar-refractivity contribution in [2.24, 2.45) is 0 Å². The summed E-state index contributed by atoms with van der Waals surface area (Å²) in [5.74, 6) is 2.11. The largest absolute Gasteiger partial charge is 0.494 e. The number of hydrogen-bond donors (Lipinski definition) is 1. The number of rotatable bonds is 7. The van der Waals surface area contributed by atoms with E-state index < -0.39 is 0 Å². The maximum absolute atomic E-state index is 5.49. The number of aromatic nitrogens is 1. The molecule has 1 aromatic heterocycles. The SMILES string of the molecule is CCOc1ccc2nc(NCCCSC)sc2c1. The van der Waals surface area contributed by atoms with Crippen LogP contribution in [-0.2, 0) is 0 Å². The Labute approximate surface area is 116 Å². The van der Waals surface area contributed by atoms with E-state index in [1.54, 1.807) is 11.3 Å². The Kier molecular flexibility index (Phi) is 5.13. The van der Waals surface area contributed by atoms with Crippen LogP contribution in [0.3, 0.4) is 0 Å². The molecule has 2 aromatic rings. The number of anilines is 1. The second-order valence-electron chi connectivity index (χ2n) is 3.85. The molecular weight excluding hydrogens is 264 g/mol. The van der Waals surface area contributed by atoms with Crippen molar-refractivity contribution < 1.29 is 4.74 Å². The Hall–Kier alpha value is -0.940.